The summed E-state index contributed by atoms with van der Waals surface area (Å²) < 4.78 is 0. The number of hydrogen-bond acceptors (Lipinski definition) is 4. The molecule has 0 fully saturated rings. The number of carbonyl (C=O) groups is 1. The van der Waals surface area contributed by atoms with Crippen molar-refractivity contribution < 1.29 is 4.79 Å². The molecule has 0 bridgehead atoms. The van der Waals surface area contributed by atoms with E-state index in [0.717, 1.165) is 11.3 Å². The van der Waals surface area contributed by atoms with Crippen molar-refractivity contribution in [3.63, 3.8) is 0 Å². The summed E-state index contributed by atoms with van der Waals surface area (Å²) in [5, 5.41) is 11.5. The average molecular weight is 252 g/mol. The largest absolute Gasteiger partial charge is 0.347 e. The minimum atomic E-state index is -0.241. The Kier molecular flexibility index (Phi) is 3.84. The van der Waals surface area contributed by atoms with E-state index in [2.05, 4.69) is 15.3 Å². The highest BCUT2D eigenvalue weighted by Gasteiger charge is 2.07. The number of carbonyl (C=O) groups excluding carboxylic acids is 1. The van der Waals surface area contributed by atoms with Gasteiger partial charge in [0.25, 0.3) is 5.91 Å². The maximum absolute atomic E-state index is 11.8. The lowest BCUT2D eigenvalue weighted by Crippen LogP contribution is -2.24. The number of nitriles is 1. The smallest absolute Gasteiger partial charge is 0.270 e. The molecule has 1 heterocycles. The number of benzene rings is 1. The number of aryl methyl sites for hydroxylation is 1. The predicted octanol–water partition coefficient (Wildman–Crippen LogP) is 1.59. The summed E-state index contributed by atoms with van der Waals surface area (Å²) in [5.41, 5.74) is 2.62. The first-order valence-electron chi connectivity index (χ1n) is 5.75. The summed E-state index contributed by atoms with van der Waals surface area (Å²) in [4.78, 5) is 19.7. The van der Waals surface area contributed by atoms with E-state index in [-0.39, 0.29) is 5.91 Å². The van der Waals surface area contributed by atoms with E-state index in [4.69, 9.17) is 5.26 Å². The number of nitrogens with zero attached hydrogens (tertiary/aromatic N) is 3. The fourth-order valence-corrected chi connectivity index (χ4v) is 1.55. The molecular formula is C14H12N4O. The van der Waals surface area contributed by atoms with Gasteiger partial charge in [-0.1, -0.05) is 12.1 Å². The van der Waals surface area contributed by atoms with Gasteiger partial charge in [-0.15, -0.1) is 0 Å². The van der Waals surface area contributed by atoms with E-state index in [1.54, 1.807) is 25.1 Å². The molecule has 1 amide bonds. The minimum Gasteiger partial charge on any atom is -0.347 e. The summed E-state index contributed by atoms with van der Waals surface area (Å²) in [6, 6.07) is 10.7. The average Bonchev–Trinajstić information content (AvgIpc) is 2.45. The number of rotatable bonds is 3. The van der Waals surface area contributed by atoms with Crippen LogP contribution in [0.4, 0.5) is 0 Å². The molecule has 0 unspecified atom stereocenters. The van der Waals surface area contributed by atoms with Gasteiger partial charge in [0.2, 0.25) is 0 Å². The first kappa shape index (κ1) is 12.7. The molecule has 1 aromatic heterocycles. The highest BCUT2D eigenvalue weighted by molar-refractivity contribution is 5.92. The van der Waals surface area contributed by atoms with E-state index < -0.39 is 0 Å². The van der Waals surface area contributed by atoms with Gasteiger partial charge in [0.1, 0.15) is 12.0 Å². The summed E-state index contributed by atoms with van der Waals surface area (Å²) in [6.45, 7) is 2.20. The molecule has 0 spiro atoms. The molecule has 2 aromatic rings. The van der Waals surface area contributed by atoms with Crippen LogP contribution in [0.1, 0.15) is 27.3 Å². The van der Waals surface area contributed by atoms with Gasteiger partial charge in [-0.2, -0.15) is 5.26 Å². The maximum atomic E-state index is 11.8. The van der Waals surface area contributed by atoms with Crippen molar-refractivity contribution in [2.45, 2.75) is 13.5 Å². The molecule has 0 aliphatic carbocycles. The van der Waals surface area contributed by atoms with Crippen molar-refractivity contribution in [2.75, 3.05) is 0 Å². The number of aromatic nitrogens is 2. The molecule has 0 radical (unpaired) electrons. The van der Waals surface area contributed by atoms with Crippen molar-refractivity contribution in [1.82, 2.24) is 15.3 Å². The first-order chi connectivity index (χ1) is 9.19. The zero-order chi connectivity index (χ0) is 13.7. The van der Waals surface area contributed by atoms with Gasteiger partial charge in [0.05, 0.1) is 11.6 Å². The maximum Gasteiger partial charge on any atom is 0.270 e. The Labute approximate surface area is 110 Å². The quantitative estimate of drug-likeness (QED) is 0.899. The van der Waals surface area contributed by atoms with Crippen molar-refractivity contribution in [3.05, 3.63) is 59.2 Å². The van der Waals surface area contributed by atoms with Crippen LogP contribution in [0.3, 0.4) is 0 Å². The third kappa shape index (κ3) is 3.36. The van der Waals surface area contributed by atoms with Crippen LogP contribution >= 0.6 is 0 Å². The molecule has 0 atom stereocenters. The van der Waals surface area contributed by atoms with Crippen LogP contribution in [-0.4, -0.2) is 15.9 Å². The van der Waals surface area contributed by atoms with Crippen molar-refractivity contribution in [2.24, 2.45) is 0 Å². The molecular weight excluding hydrogens is 240 g/mol. The van der Waals surface area contributed by atoms with Gasteiger partial charge in [0, 0.05) is 12.2 Å². The monoisotopic (exact) mass is 252 g/mol. The summed E-state index contributed by atoms with van der Waals surface area (Å²) in [5.74, 6) is -0.241. The van der Waals surface area contributed by atoms with Crippen molar-refractivity contribution >= 4 is 5.91 Å². The molecule has 0 saturated carbocycles. The molecule has 1 N–H and O–H groups in total. The van der Waals surface area contributed by atoms with Crippen LogP contribution < -0.4 is 5.32 Å². The van der Waals surface area contributed by atoms with Crippen LogP contribution in [0.2, 0.25) is 0 Å². The lowest BCUT2D eigenvalue weighted by atomic mass is 10.1. The third-order valence-electron chi connectivity index (χ3n) is 2.57. The second kappa shape index (κ2) is 5.74. The Bertz CT molecular complexity index is 629. The lowest BCUT2D eigenvalue weighted by molar-refractivity contribution is 0.0945. The van der Waals surface area contributed by atoms with Gasteiger partial charge < -0.3 is 5.32 Å². The summed E-state index contributed by atoms with van der Waals surface area (Å²) >= 11 is 0. The van der Waals surface area contributed by atoms with Crippen LogP contribution in [0.25, 0.3) is 0 Å². The molecule has 0 saturated heterocycles. The van der Waals surface area contributed by atoms with E-state index in [1.165, 1.54) is 6.33 Å². The Morgan fingerprint density at radius 2 is 2.05 bits per heavy atom. The van der Waals surface area contributed by atoms with Crippen LogP contribution in [0.15, 0.2) is 36.7 Å². The molecule has 5 heteroatoms. The second-order valence-corrected chi connectivity index (χ2v) is 4.04. The Morgan fingerprint density at radius 1 is 1.32 bits per heavy atom. The molecule has 5 nitrogen and oxygen atoms in total. The number of nitrogens with one attached hydrogen (secondary N) is 1. The summed E-state index contributed by atoms with van der Waals surface area (Å²) in [7, 11) is 0. The Hall–Kier alpha value is -2.74. The Morgan fingerprint density at radius 3 is 2.68 bits per heavy atom. The lowest BCUT2D eigenvalue weighted by Gasteiger charge is -2.05. The van der Waals surface area contributed by atoms with Gasteiger partial charge in [-0.05, 0) is 30.7 Å². The zero-order valence-electron chi connectivity index (χ0n) is 10.4. The van der Waals surface area contributed by atoms with E-state index >= 15 is 0 Å². The SMILES string of the molecule is Cc1cc(C(=O)NCc2ccc(C#N)cc2)ncn1. The van der Waals surface area contributed by atoms with E-state index in [1.807, 2.05) is 18.2 Å². The zero-order valence-corrected chi connectivity index (χ0v) is 10.4. The van der Waals surface area contributed by atoms with Gasteiger partial charge >= 0.3 is 0 Å². The first-order valence-corrected chi connectivity index (χ1v) is 5.75. The normalized spacial score (nSPS) is 9.68. The molecule has 94 valence electrons. The number of hydrogen-bond donors (Lipinski definition) is 1. The van der Waals surface area contributed by atoms with E-state index in [9.17, 15) is 4.79 Å². The topological polar surface area (TPSA) is 78.7 Å². The molecule has 2 rings (SSSR count). The van der Waals surface area contributed by atoms with Crippen LogP contribution in [0.5, 0.6) is 0 Å². The highest BCUT2D eigenvalue weighted by atomic mass is 16.1. The fraction of sp³-hybridized carbons (Fsp3) is 0.143. The molecule has 0 aliphatic rings. The Balaban J connectivity index is 1.98. The van der Waals surface area contributed by atoms with Gasteiger partial charge in [0.15, 0.2) is 0 Å². The predicted molar refractivity (Wildman–Crippen MR) is 69.1 cm³/mol. The second-order valence-electron chi connectivity index (χ2n) is 4.04. The summed E-state index contributed by atoms with van der Waals surface area (Å²) in [6.07, 6.45) is 1.37. The molecule has 19 heavy (non-hydrogen) atoms. The number of amides is 1. The standard InChI is InChI=1S/C14H12N4O/c1-10-6-13(18-9-17-10)14(19)16-8-12-4-2-11(7-15)3-5-12/h2-6,9H,8H2,1H3,(H,16,19). The fourth-order valence-electron chi connectivity index (χ4n) is 1.55. The van der Waals surface area contributed by atoms with Crippen LogP contribution in [0, 0.1) is 18.3 Å². The highest BCUT2D eigenvalue weighted by Crippen LogP contribution is 2.03. The third-order valence-corrected chi connectivity index (χ3v) is 2.57. The molecule has 1 aromatic carbocycles. The van der Waals surface area contributed by atoms with Crippen molar-refractivity contribution in [1.29, 1.82) is 5.26 Å². The van der Waals surface area contributed by atoms with Gasteiger partial charge in [-0.3, -0.25) is 4.79 Å². The van der Waals surface area contributed by atoms with E-state index in [0.29, 0.717) is 17.8 Å². The molecule has 0 aliphatic heterocycles. The van der Waals surface area contributed by atoms with Crippen molar-refractivity contribution in [3.8, 4) is 6.07 Å². The minimum absolute atomic E-state index is 0.241. The van der Waals surface area contributed by atoms with Crippen LogP contribution in [-0.2, 0) is 6.54 Å². The van der Waals surface area contributed by atoms with Gasteiger partial charge in [-0.25, -0.2) is 9.97 Å².